The van der Waals surface area contributed by atoms with Gasteiger partial charge < -0.3 is 13.9 Å². The van der Waals surface area contributed by atoms with Gasteiger partial charge in [-0.05, 0) is 30.2 Å². The number of phosphoric ester groups is 1. The Balaban J connectivity index is 0.00000341. The Morgan fingerprint density at radius 3 is 2.19 bits per heavy atom. The standard InChI is InChI=1S/C21H18NO7P.Na/c23-21(17-5-2-1-3-6-17)14-11-16-9-12-19(13-10-16)28-30(26,27)29-20-8-4-7-18(15-20)22(24)25;/h1-10,12-13,15H,11,14H2,(H,26,27);/q;+1/p-1. The number of nitrogens with zero attached hydrogens (tertiary/aromatic N) is 1. The van der Waals surface area contributed by atoms with E-state index in [-0.39, 0.29) is 52.5 Å². The number of Topliss-reactive ketones (excluding diaryl/α,β-unsaturated/α-hetero) is 1. The van der Waals surface area contributed by atoms with Crippen molar-refractivity contribution in [2.75, 3.05) is 0 Å². The third kappa shape index (κ3) is 7.61. The fraction of sp³-hybridized carbons (Fsp3) is 0.0952. The third-order valence-electron chi connectivity index (χ3n) is 4.12. The number of nitro benzene ring substituents is 1. The van der Waals surface area contributed by atoms with Crippen LogP contribution in [-0.4, -0.2) is 10.7 Å². The molecule has 154 valence electrons. The SMILES string of the molecule is O=C(CCc1ccc(OP(=O)([O-])Oc2cccc([N+](=O)[O-])c2)cc1)c1ccccc1.[Na+]. The Hall–Kier alpha value is -2.48. The number of aryl methyl sites for hydroxylation is 1. The summed E-state index contributed by atoms with van der Waals surface area (Å²) in [5.41, 5.74) is 1.18. The molecule has 3 aromatic rings. The summed E-state index contributed by atoms with van der Waals surface area (Å²) in [5.74, 6) is -0.180. The second-order valence-electron chi connectivity index (χ2n) is 6.32. The van der Waals surface area contributed by atoms with E-state index in [1.54, 1.807) is 36.4 Å². The number of non-ortho nitro benzene ring substituents is 1. The number of nitro groups is 1. The van der Waals surface area contributed by atoms with E-state index in [0.29, 0.717) is 18.4 Å². The minimum Gasteiger partial charge on any atom is -0.736 e. The number of benzene rings is 3. The molecular weight excluding hydrogens is 432 g/mol. The first-order valence-corrected chi connectivity index (χ1v) is 10.4. The van der Waals surface area contributed by atoms with Crippen molar-refractivity contribution in [3.63, 3.8) is 0 Å². The maximum Gasteiger partial charge on any atom is 1.00 e. The molecule has 0 aliphatic rings. The maximum atomic E-state index is 12.2. The van der Waals surface area contributed by atoms with Crippen molar-refractivity contribution < 1.29 is 57.8 Å². The Morgan fingerprint density at radius 2 is 1.55 bits per heavy atom. The van der Waals surface area contributed by atoms with Crippen LogP contribution in [0.4, 0.5) is 5.69 Å². The van der Waals surface area contributed by atoms with Gasteiger partial charge in [0.15, 0.2) is 5.78 Å². The first kappa shape index (κ1) is 24.8. The molecule has 0 heterocycles. The van der Waals surface area contributed by atoms with E-state index in [1.807, 2.05) is 6.07 Å². The Kier molecular flexibility index (Phi) is 8.98. The zero-order valence-electron chi connectivity index (χ0n) is 16.7. The first-order valence-electron chi connectivity index (χ1n) is 8.94. The number of hydrogen-bond acceptors (Lipinski definition) is 7. The van der Waals surface area contributed by atoms with Gasteiger partial charge in [0, 0.05) is 18.1 Å². The molecule has 0 saturated carbocycles. The Labute approximate surface area is 200 Å². The molecule has 3 rings (SSSR count). The first-order chi connectivity index (χ1) is 14.3. The number of carbonyl (C=O) groups is 1. The topological polar surface area (TPSA) is 119 Å². The molecule has 0 aromatic heterocycles. The predicted molar refractivity (Wildman–Crippen MR) is 107 cm³/mol. The van der Waals surface area contributed by atoms with Crippen molar-refractivity contribution in [1.82, 2.24) is 0 Å². The molecule has 0 saturated heterocycles. The van der Waals surface area contributed by atoms with Crippen LogP contribution in [0.2, 0.25) is 0 Å². The molecule has 0 aliphatic heterocycles. The largest absolute Gasteiger partial charge is 1.00 e. The van der Waals surface area contributed by atoms with Crippen LogP contribution in [0.3, 0.4) is 0 Å². The van der Waals surface area contributed by atoms with Gasteiger partial charge in [-0.15, -0.1) is 0 Å². The van der Waals surface area contributed by atoms with Crippen molar-refractivity contribution in [2.24, 2.45) is 0 Å². The van der Waals surface area contributed by atoms with E-state index in [4.69, 9.17) is 9.05 Å². The summed E-state index contributed by atoms with van der Waals surface area (Å²) < 4.78 is 21.8. The van der Waals surface area contributed by atoms with Crippen molar-refractivity contribution in [1.29, 1.82) is 0 Å². The minimum absolute atomic E-state index is 0. The molecule has 1 atom stereocenters. The van der Waals surface area contributed by atoms with Gasteiger partial charge in [0.25, 0.3) is 5.69 Å². The van der Waals surface area contributed by atoms with Gasteiger partial charge in [0.2, 0.25) is 0 Å². The second kappa shape index (κ2) is 11.2. The molecule has 0 spiro atoms. The summed E-state index contributed by atoms with van der Waals surface area (Å²) in [6.45, 7) is 0. The third-order valence-corrected chi connectivity index (χ3v) is 4.99. The second-order valence-corrected chi connectivity index (χ2v) is 7.58. The molecule has 10 heteroatoms. The minimum atomic E-state index is -4.80. The number of ketones is 1. The van der Waals surface area contributed by atoms with E-state index < -0.39 is 12.7 Å². The molecule has 0 aliphatic carbocycles. The van der Waals surface area contributed by atoms with Crippen LogP contribution >= 0.6 is 7.82 Å². The molecule has 31 heavy (non-hydrogen) atoms. The van der Waals surface area contributed by atoms with Crippen molar-refractivity contribution in [3.05, 3.63) is 100 Å². The predicted octanol–water partition coefficient (Wildman–Crippen LogP) is 1.34. The monoisotopic (exact) mass is 449 g/mol. The molecule has 0 radical (unpaired) electrons. The Bertz CT molecular complexity index is 1090. The van der Waals surface area contributed by atoms with Gasteiger partial charge in [0.05, 0.1) is 11.0 Å². The van der Waals surface area contributed by atoms with E-state index in [2.05, 4.69) is 0 Å². The van der Waals surface area contributed by atoms with E-state index >= 15 is 0 Å². The smallest absolute Gasteiger partial charge is 0.736 e. The average Bonchev–Trinajstić information content (AvgIpc) is 2.73. The summed E-state index contributed by atoms with van der Waals surface area (Å²) in [7, 11) is -4.80. The quantitative estimate of drug-likeness (QED) is 0.159. The van der Waals surface area contributed by atoms with Crippen LogP contribution < -0.4 is 43.5 Å². The van der Waals surface area contributed by atoms with Crippen molar-refractivity contribution >= 4 is 19.3 Å². The van der Waals surface area contributed by atoms with Crippen LogP contribution in [0, 0.1) is 10.1 Å². The zero-order chi connectivity index (χ0) is 21.6. The van der Waals surface area contributed by atoms with Gasteiger partial charge >= 0.3 is 37.4 Å². The molecular formula is C21H17NNaO7P. The number of carbonyl (C=O) groups excluding carboxylic acids is 1. The molecule has 0 N–H and O–H groups in total. The van der Waals surface area contributed by atoms with E-state index in [1.165, 1.54) is 30.3 Å². The normalized spacial score (nSPS) is 12.2. The van der Waals surface area contributed by atoms with Gasteiger partial charge in [-0.2, -0.15) is 0 Å². The van der Waals surface area contributed by atoms with E-state index in [0.717, 1.165) is 11.6 Å². The molecule has 0 amide bonds. The Morgan fingerprint density at radius 1 is 0.903 bits per heavy atom. The van der Waals surface area contributed by atoms with Crippen molar-refractivity contribution in [2.45, 2.75) is 12.8 Å². The van der Waals surface area contributed by atoms with Crippen LogP contribution in [-0.2, 0) is 11.0 Å². The number of rotatable bonds is 9. The molecule has 8 nitrogen and oxygen atoms in total. The van der Waals surface area contributed by atoms with Crippen molar-refractivity contribution in [3.8, 4) is 11.5 Å². The fourth-order valence-electron chi connectivity index (χ4n) is 2.67. The van der Waals surface area contributed by atoms with Crippen LogP contribution in [0.15, 0.2) is 78.9 Å². The molecule has 1 unspecified atom stereocenters. The summed E-state index contributed by atoms with van der Waals surface area (Å²) in [6.07, 6.45) is 0.813. The average molecular weight is 449 g/mol. The van der Waals surface area contributed by atoms with Gasteiger partial charge in [-0.25, -0.2) is 4.57 Å². The van der Waals surface area contributed by atoms with Gasteiger partial charge in [0.1, 0.15) is 11.5 Å². The van der Waals surface area contributed by atoms with E-state index in [9.17, 15) is 24.4 Å². The summed E-state index contributed by atoms with van der Waals surface area (Å²) in [4.78, 5) is 34.3. The zero-order valence-corrected chi connectivity index (χ0v) is 19.6. The summed E-state index contributed by atoms with van der Waals surface area (Å²) in [6, 6.07) is 19.9. The maximum absolute atomic E-state index is 12.2. The fourth-order valence-corrected chi connectivity index (χ4v) is 3.46. The van der Waals surface area contributed by atoms with Gasteiger partial charge in [-0.1, -0.05) is 48.5 Å². The van der Waals surface area contributed by atoms with Gasteiger partial charge in [-0.3, -0.25) is 14.9 Å². The summed E-state index contributed by atoms with van der Waals surface area (Å²) >= 11 is 0. The summed E-state index contributed by atoms with van der Waals surface area (Å²) in [5, 5.41) is 10.8. The number of hydrogen-bond donors (Lipinski definition) is 0. The molecule has 0 bridgehead atoms. The van der Waals surface area contributed by atoms with Crippen LogP contribution in [0.1, 0.15) is 22.3 Å². The number of phosphoric acid groups is 1. The molecule has 0 fully saturated rings. The molecule has 3 aromatic carbocycles. The van der Waals surface area contributed by atoms with Crippen LogP contribution in [0.25, 0.3) is 0 Å². The van der Waals surface area contributed by atoms with Crippen LogP contribution in [0.5, 0.6) is 11.5 Å².